The van der Waals surface area contributed by atoms with E-state index in [4.69, 9.17) is 11.6 Å². The fourth-order valence-corrected chi connectivity index (χ4v) is 4.37. The molecule has 1 N–H and O–H groups in total. The standard InChI is InChI=1S/C26H25ClFN5O4/c1-18-24(26(34)30-31-14-4-2-5-15-31)29-25(22-13-10-20(28)17-23(22)27)32(18)21-11-8-19(9-12-21)7-3-6-16-37-33(35)36/h8-13,17H,2,4-6,14-16H2,1H3,(H,30,34). The van der Waals surface area contributed by atoms with E-state index in [0.717, 1.165) is 32.4 Å². The van der Waals surface area contributed by atoms with Gasteiger partial charge < -0.3 is 4.84 Å². The Kier molecular flexibility index (Phi) is 8.38. The second-order valence-electron chi connectivity index (χ2n) is 8.47. The first kappa shape index (κ1) is 26.1. The van der Waals surface area contributed by atoms with Gasteiger partial charge in [0.15, 0.2) is 5.69 Å². The summed E-state index contributed by atoms with van der Waals surface area (Å²) in [5.74, 6) is 5.37. The zero-order valence-electron chi connectivity index (χ0n) is 20.2. The third-order valence-corrected chi connectivity index (χ3v) is 6.21. The van der Waals surface area contributed by atoms with Gasteiger partial charge in [0, 0.05) is 36.3 Å². The minimum atomic E-state index is -0.851. The maximum absolute atomic E-state index is 13.8. The second-order valence-corrected chi connectivity index (χ2v) is 8.88. The summed E-state index contributed by atoms with van der Waals surface area (Å²) in [7, 11) is 0. The molecule has 1 saturated heterocycles. The summed E-state index contributed by atoms with van der Waals surface area (Å²) in [5, 5.41) is 11.4. The van der Waals surface area contributed by atoms with Crippen molar-refractivity contribution in [3.63, 3.8) is 0 Å². The molecule has 0 atom stereocenters. The van der Waals surface area contributed by atoms with E-state index in [0.29, 0.717) is 28.3 Å². The van der Waals surface area contributed by atoms with Gasteiger partial charge in [0.25, 0.3) is 11.0 Å². The molecule has 1 fully saturated rings. The summed E-state index contributed by atoms with van der Waals surface area (Å²) in [6.45, 7) is 3.25. The summed E-state index contributed by atoms with van der Waals surface area (Å²) >= 11 is 6.38. The van der Waals surface area contributed by atoms with Gasteiger partial charge in [-0.3, -0.25) is 14.8 Å². The number of hydrazine groups is 1. The molecule has 1 aromatic heterocycles. The van der Waals surface area contributed by atoms with Crippen LogP contribution >= 0.6 is 11.6 Å². The Morgan fingerprint density at radius 2 is 1.95 bits per heavy atom. The smallest absolute Gasteiger partial charge is 0.294 e. The molecular formula is C26H25ClFN5O4. The Labute approximate surface area is 218 Å². The summed E-state index contributed by atoms with van der Waals surface area (Å²) in [6.07, 6.45) is 3.39. The minimum absolute atomic E-state index is 0.101. The van der Waals surface area contributed by atoms with E-state index in [1.54, 1.807) is 23.6 Å². The lowest BCUT2D eigenvalue weighted by Crippen LogP contribution is -2.45. The zero-order chi connectivity index (χ0) is 26.4. The zero-order valence-corrected chi connectivity index (χ0v) is 20.9. The third-order valence-electron chi connectivity index (χ3n) is 5.89. The van der Waals surface area contributed by atoms with Gasteiger partial charge in [-0.05, 0) is 62.2 Å². The van der Waals surface area contributed by atoms with Crippen molar-refractivity contribution in [2.75, 3.05) is 19.7 Å². The van der Waals surface area contributed by atoms with Crippen molar-refractivity contribution in [2.24, 2.45) is 0 Å². The van der Waals surface area contributed by atoms with Crippen LogP contribution in [0, 0.1) is 34.7 Å². The number of nitrogens with one attached hydrogen (secondary N) is 1. The third kappa shape index (κ3) is 6.44. The van der Waals surface area contributed by atoms with Crippen LogP contribution in [0.2, 0.25) is 5.02 Å². The highest BCUT2D eigenvalue weighted by atomic mass is 35.5. The van der Waals surface area contributed by atoms with Crippen molar-refractivity contribution < 1.29 is 19.1 Å². The van der Waals surface area contributed by atoms with E-state index in [9.17, 15) is 19.3 Å². The molecule has 37 heavy (non-hydrogen) atoms. The number of benzene rings is 2. The molecule has 3 aromatic rings. The first-order valence-electron chi connectivity index (χ1n) is 11.8. The molecule has 9 nitrogen and oxygen atoms in total. The Bertz CT molecular complexity index is 1360. The highest BCUT2D eigenvalue weighted by molar-refractivity contribution is 6.33. The lowest BCUT2D eigenvalue weighted by molar-refractivity contribution is -0.757. The molecule has 1 amide bonds. The van der Waals surface area contributed by atoms with Gasteiger partial charge in [0.1, 0.15) is 18.2 Å². The van der Waals surface area contributed by atoms with E-state index in [-0.39, 0.29) is 29.7 Å². The van der Waals surface area contributed by atoms with Crippen molar-refractivity contribution in [1.29, 1.82) is 0 Å². The molecule has 11 heteroatoms. The van der Waals surface area contributed by atoms with Gasteiger partial charge in [-0.25, -0.2) is 14.4 Å². The van der Waals surface area contributed by atoms with Gasteiger partial charge >= 0.3 is 0 Å². The predicted octanol–water partition coefficient (Wildman–Crippen LogP) is 4.72. The molecule has 2 aromatic carbocycles. The maximum atomic E-state index is 13.8. The molecule has 2 heterocycles. The van der Waals surface area contributed by atoms with Gasteiger partial charge in [-0.15, -0.1) is 10.1 Å². The average Bonchev–Trinajstić information content (AvgIpc) is 3.21. The lowest BCUT2D eigenvalue weighted by atomic mass is 10.1. The minimum Gasteiger partial charge on any atom is -0.313 e. The Balaban J connectivity index is 1.67. The van der Waals surface area contributed by atoms with Crippen LogP contribution < -0.4 is 5.43 Å². The molecule has 4 rings (SSSR count). The first-order chi connectivity index (χ1) is 17.8. The van der Waals surface area contributed by atoms with Gasteiger partial charge in [0.05, 0.1) is 10.7 Å². The summed E-state index contributed by atoms with van der Waals surface area (Å²) < 4.78 is 15.6. The van der Waals surface area contributed by atoms with Crippen LogP contribution in [-0.4, -0.2) is 45.3 Å². The van der Waals surface area contributed by atoms with Crippen LogP contribution in [0.4, 0.5) is 4.39 Å². The molecule has 0 spiro atoms. The fourth-order valence-electron chi connectivity index (χ4n) is 4.12. The molecular weight excluding hydrogens is 501 g/mol. The number of piperidine rings is 1. The summed E-state index contributed by atoms with van der Waals surface area (Å²) in [5.41, 5.74) is 5.68. The van der Waals surface area contributed by atoms with Crippen molar-refractivity contribution in [3.8, 4) is 28.9 Å². The van der Waals surface area contributed by atoms with Crippen LogP contribution in [0.15, 0.2) is 42.5 Å². The topological polar surface area (TPSA) is 103 Å². The quantitative estimate of drug-likeness (QED) is 0.207. The second kappa shape index (κ2) is 11.9. The average molecular weight is 526 g/mol. The van der Waals surface area contributed by atoms with Gasteiger partial charge in [0.2, 0.25) is 0 Å². The van der Waals surface area contributed by atoms with Crippen LogP contribution in [0.25, 0.3) is 17.1 Å². The number of carbonyl (C=O) groups is 1. The monoisotopic (exact) mass is 525 g/mol. The number of hydrogen-bond donors (Lipinski definition) is 1. The Morgan fingerprint density at radius 1 is 1.22 bits per heavy atom. The molecule has 0 unspecified atom stereocenters. The maximum Gasteiger partial charge on any atom is 0.294 e. The van der Waals surface area contributed by atoms with E-state index in [2.05, 4.69) is 27.1 Å². The number of nitrogens with zero attached hydrogens (tertiary/aromatic N) is 4. The first-order valence-corrected chi connectivity index (χ1v) is 12.2. The molecule has 0 bridgehead atoms. The number of halogens is 2. The number of hydrogen-bond acceptors (Lipinski definition) is 6. The van der Waals surface area contributed by atoms with E-state index in [1.807, 2.05) is 17.1 Å². The van der Waals surface area contributed by atoms with E-state index < -0.39 is 10.9 Å². The van der Waals surface area contributed by atoms with Gasteiger partial charge in [-0.1, -0.05) is 29.9 Å². The van der Waals surface area contributed by atoms with E-state index >= 15 is 0 Å². The number of carbonyl (C=O) groups excluding carboxylic acids is 1. The normalized spacial score (nSPS) is 13.5. The van der Waals surface area contributed by atoms with Crippen molar-refractivity contribution in [3.05, 3.63) is 80.4 Å². The highest BCUT2D eigenvalue weighted by Crippen LogP contribution is 2.32. The number of rotatable bonds is 7. The molecule has 1 aliphatic heterocycles. The molecule has 0 saturated carbocycles. The van der Waals surface area contributed by atoms with Crippen LogP contribution in [-0.2, 0) is 4.84 Å². The molecule has 0 aliphatic carbocycles. The Hall–Kier alpha value is -3.94. The Morgan fingerprint density at radius 3 is 2.62 bits per heavy atom. The molecule has 192 valence electrons. The lowest BCUT2D eigenvalue weighted by Gasteiger charge is -2.26. The largest absolute Gasteiger partial charge is 0.313 e. The van der Waals surface area contributed by atoms with Crippen LogP contribution in [0.5, 0.6) is 0 Å². The van der Waals surface area contributed by atoms with E-state index in [1.165, 1.54) is 18.2 Å². The van der Waals surface area contributed by atoms with Crippen molar-refractivity contribution in [2.45, 2.75) is 32.6 Å². The highest BCUT2D eigenvalue weighted by Gasteiger charge is 2.24. The van der Waals surface area contributed by atoms with Crippen molar-refractivity contribution >= 4 is 17.5 Å². The number of amides is 1. The summed E-state index contributed by atoms with van der Waals surface area (Å²) in [4.78, 5) is 32.3. The predicted molar refractivity (Wildman–Crippen MR) is 136 cm³/mol. The molecule has 0 radical (unpaired) electrons. The van der Waals surface area contributed by atoms with Crippen LogP contribution in [0.1, 0.15) is 47.4 Å². The van der Waals surface area contributed by atoms with Gasteiger partial charge in [-0.2, -0.15) is 0 Å². The SMILES string of the molecule is Cc1c(C(=O)NN2CCCCC2)nc(-c2ccc(F)cc2Cl)n1-c1ccc(C#CCCO[N+](=O)[O-])cc1. The van der Waals surface area contributed by atoms with Crippen LogP contribution in [0.3, 0.4) is 0 Å². The molecule has 1 aliphatic rings. The van der Waals surface area contributed by atoms with Crippen molar-refractivity contribution in [1.82, 2.24) is 20.0 Å². The fraction of sp³-hybridized carbons (Fsp3) is 0.308. The number of aromatic nitrogens is 2. The summed E-state index contributed by atoms with van der Waals surface area (Å²) in [6, 6.07) is 11.3. The number of imidazole rings is 1.